The van der Waals surface area contributed by atoms with E-state index in [0.29, 0.717) is 34.1 Å². The van der Waals surface area contributed by atoms with Gasteiger partial charge in [-0.1, -0.05) is 50.2 Å². The third kappa shape index (κ3) is 9.09. The fourth-order valence-electron chi connectivity index (χ4n) is 5.42. The summed E-state index contributed by atoms with van der Waals surface area (Å²) in [6, 6.07) is 24.1. The molecule has 2 heterocycles. The molecular weight excluding hydrogens is 659 g/mol. The van der Waals surface area contributed by atoms with Crippen LogP contribution in [0.25, 0.3) is 11.3 Å². The fourth-order valence-corrected chi connectivity index (χ4v) is 7.77. The van der Waals surface area contributed by atoms with Gasteiger partial charge in [-0.3, -0.25) is 9.78 Å². The van der Waals surface area contributed by atoms with Crippen LogP contribution in [-0.2, 0) is 16.4 Å². The number of aliphatic hydroxyl groups excluding tert-OH is 1. The van der Waals surface area contributed by atoms with E-state index in [1.807, 2.05) is 74.7 Å². The van der Waals surface area contributed by atoms with Gasteiger partial charge in [0.1, 0.15) is 5.75 Å². The summed E-state index contributed by atoms with van der Waals surface area (Å²) < 4.78 is 34.1. The summed E-state index contributed by atoms with van der Waals surface area (Å²) in [6.45, 7) is 5.65. The average Bonchev–Trinajstić information content (AvgIpc) is 3.58. The molecule has 0 aliphatic heterocycles. The Kier molecular flexibility index (Phi) is 11.8. The molecule has 0 bridgehead atoms. The highest BCUT2D eigenvalue weighted by molar-refractivity contribution is 7.89. The number of nitrogens with one attached hydrogen (secondary N) is 2. The highest BCUT2D eigenvalue weighted by atomic mass is 32.2. The first-order chi connectivity index (χ1) is 23.5. The van der Waals surface area contributed by atoms with Crippen LogP contribution in [-0.4, -0.2) is 66.0 Å². The van der Waals surface area contributed by atoms with Gasteiger partial charge >= 0.3 is 0 Å². The van der Waals surface area contributed by atoms with Crippen LogP contribution in [0.2, 0.25) is 0 Å². The number of anilines is 2. The molecule has 5 rings (SSSR count). The van der Waals surface area contributed by atoms with E-state index in [9.17, 15) is 18.3 Å². The zero-order valence-electron chi connectivity index (χ0n) is 27.9. The van der Waals surface area contributed by atoms with Crippen molar-refractivity contribution < 1.29 is 23.1 Å². The molecule has 12 heteroatoms. The van der Waals surface area contributed by atoms with E-state index in [-0.39, 0.29) is 29.8 Å². The molecule has 0 spiro atoms. The van der Waals surface area contributed by atoms with Gasteiger partial charge in [-0.15, -0.1) is 11.3 Å². The molecule has 0 aliphatic rings. The molecule has 5 aromatic rings. The summed E-state index contributed by atoms with van der Waals surface area (Å²) >= 11 is 1.45. The first kappa shape index (κ1) is 35.7. The second-order valence-corrected chi connectivity index (χ2v) is 14.9. The number of benzene rings is 3. The quantitative estimate of drug-likeness (QED) is 0.116. The van der Waals surface area contributed by atoms with E-state index in [2.05, 4.69) is 20.6 Å². The topological polar surface area (TPSA) is 134 Å². The minimum atomic E-state index is -3.97. The van der Waals surface area contributed by atoms with E-state index in [0.717, 1.165) is 16.8 Å². The Morgan fingerprint density at radius 3 is 2.41 bits per heavy atom. The third-order valence-electron chi connectivity index (χ3n) is 8.02. The molecule has 256 valence electrons. The van der Waals surface area contributed by atoms with Crippen LogP contribution in [0.5, 0.6) is 5.75 Å². The minimum Gasteiger partial charge on any atom is -0.497 e. The van der Waals surface area contributed by atoms with Gasteiger partial charge in [-0.05, 0) is 78.9 Å². The van der Waals surface area contributed by atoms with Crippen molar-refractivity contribution in [3.8, 4) is 17.0 Å². The highest BCUT2D eigenvalue weighted by Crippen LogP contribution is 2.29. The fraction of sp³-hybridized carbons (Fsp3) is 0.270. The number of pyridine rings is 1. The lowest BCUT2D eigenvalue weighted by atomic mass is 9.99. The van der Waals surface area contributed by atoms with Crippen molar-refractivity contribution in [2.75, 3.05) is 25.5 Å². The van der Waals surface area contributed by atoms with Crippen molar-refractivity contribution in [3.63, 3.8) is 0 Å². The molecule has 49 heavy (non-hydrogen) atoms. The maximum Gasteiger partial charge on any atom is 0.251 e. The summed E-state index contributed by atoms with van der Waals surface area (Å²) in [6.07, 6.45) is 2.54. The van der Waals surface area contributed by atoms with Gasteiger partial charge in [-0.2, -0.15) is 4.31 Å². The number of amides is 1. The van der Waals surface area contributed by atoms with Crippen molar-refractivity contribution >= 4 is 38.1 Å². The number of thiazole rings is 1. The first-order valence-electron chi connectivity index (χ1n) is 15.9. The van der Waals surface area contributed by atoms with E-state index in [4.69, 9.17) is 4.74 Å². The molecule has 1 amide bonds. The normalized spacial score (nSPS) is 12.9. The molecule has 0 fully saturated rings. The van der Waals surface area contributed by atoms with E-state index >= 15 is 0 Å². The lowest BCUT2D eigenvalue weighted by Gasteiger charge is -2.31. The Morgan fingerprint density at radius 1 is 0.980 bits per heavy atom. The zero-order chi connectivity index (χ0) is 35.0. The van der Waals surface area contributed by atoms with Gasteiger partial charge in [0, 0.05) is 47.7 Å². The molecule has 0 saturated heterocycles. The number of methoxy groups -OCH3 is 1. The molecular formula is C37H41N5O5S2. The molecule has 3 N–H and O–H groups in total. The largest absolute Gasteiger partial charge is 0.497 e. The van der Waals surface area contributed by atoms with E-state index in [1.165, 1.54) is 34.9 Å². The van der Waals surface area contributed by atoms with Gasteiger partial charge < -0.3 is 20.5 Å². The molecule has 0 saturated carbocycles. The number of rotatable bonds is 15. The maximum absolute atomic E-state index is 13.9. The summed E-state index contributed by atoms with van der Waals surface area (Å²) in [5.41, 5.74) is 4.43. The van der Waals surface area contributed by atoms with Crippen LogP contribution in [0.1, 0.15) is 35.3 Å². The van der Waals surface area contributed by atoms with Crippen LogP contribution in [0.3, 0.4) is 0 Å². The number of aliphatic hydroxyl groups is 1. The third-order valence-corrected chi connectivity index (χ3v) is 10.6. The van der Waals surface area contributed by atoms with Crippen molar-refractivity contribution in [1.82, 2.24) is 19.6 Å². The molecule has 0 aliphatic carbocycles. The van der Waals surface area contributed by atoms with Crippen molar-refractivity contribution in [2.45, 2.75) is 44.2 Å². The molecule has 0 radical (unpaired) electrons. The number of carbonyl (C=O) groups excluding carboxylic acids is 1. The SMILES string of the molecule is COc1ccc(S(=O)(=O)N(CC(C)C)C[C@@H](O)[C@H](Cc2ccccc2)NC(=O)c2cccc(Nc3nc(-c4cccnc4)cs3)c2C)cc1. The Morgan fingerprint density at radius 2 is 1.73 bits per heavy atom. The molecule has 2 atom stereocenters. The second kappa shape index (κ2) is 16.2. The lowest BCUT2D eigenvalue weighted by molar-refractivity contribution is 0.0775. The number of hydrogen-bond acceptors (Lipinski definition) is 9. The van der Waals surface area contributed by atoms with Crippen LogP contribution in [0.4, 0.5) is 10.8 Å². The lowest BCUT2D eigenvalue weighted by Crippen LogP contribution is -2.51. The van der Waals surface area contributed by atoms with Crippen molar-refractivity contribution in [3.05, 3.63) is 119 Å². The zero-order valence-corrected chi connectivity index (χ0v) is 29.5. The summed E-state index contributed by atoms with van der Waals surface area (Å²) in [5.74, 6) is 0.138. The number of aromatic nitrogens is 2. The van der Waals surface area contributed by atoms with E-state index in [1.54, 1.807) is 36.7 Å². The number of carbonyl (C=O) groups is 1. The Balaban J connectivity index is 1.38. The summed E-state index contributed by atoms with van der Waals surface area (Å²) in [4.78, 5) is 22.8. The Labute approximate surface area is 291 Å². The monoisotopic (exact) mass is 699 g/mol. The smallest absolute Gasteiger partial charge is 0.251 e. The standard InChI is InChI=1S/C37H41N5O5S2/c1-25(2)22-42(49(45,46)30-17-15-29(47-4)16-18-30)23-35(43)33(20-27-10-6-5-7-11-27)39-36(44)31-13-8-14-32(26(31)3)40-37-41-34(24-48-37)28-12-9-19-38-21-28/h5-19,21,24-25,33,35,43H,20,22-23H2,1-4H3,(H,39,44)(H,40,41)/t33-,35+/m0/s1. The molecule has 2 aromatic heterocycles. The number of ether oxygens (including phenoxy) is 1. The number of nitrogens with zero attached hydrogens (tertiary/aromatic N) is 3. The van der Waals surface area contributed by atoms with Crippen LogP contribution >= 0.6 is 11.3 Å². The number of sulfonamides is 1. The number of hydrogen-bond donors (Lipinski definition) is 3. The van der Waals surface area contributed by atoms with Gasteiger partial charge in [0.05, 0.1) is 29.8 Å². The van der Waals surface area contributed by atoms with Crippen LogP contribution in [0.15, 0.2) is 108 Å². The van der Waals surface area contributed by atoms with Crippen LogP contribution in [0, 0.1) is 12.8 Å². The van der Waals surface area contributed by atoms with Crippen molar-refractivity contribution in [1.29, 1.82) is 0 Å². The molecule has 3 aromatic carbocycles. The van der Waals surface area contributed by atoms with Gasteiger partial charge in [0.2, 0.25) is 10.0 Å². The van der Waals surface area contributed by atoms with E-state index < -0.39 is 22.2 Å². The van der Waals surface area contributed by atoms with Crippen LogP contribution < -0.4 is 15.4 Å². The Bertz CT molecular complexity index is 1940. The predicted molar refractivity (Wildman–Crippen MR) is 194 cm³/mol. The van der Waals surface area contributed by atoms with Gasteiger partial charge in [0.25, 0.3) is 5.91 Å². The minimum absolute atomic E-state index is 0.0152. The predicted octanol–water partition coefficient (Wildman–Crippen LogP) is 6.31. The Hall–Kier alpha value is -4.62. The second-order valence-electron chi connectivity index (χ2n) is 12.1. The summed E-state index contributed by atoms with van der Waals surface area (Å²) in [7, 11) is -2.46. The van der Waals surface area contributed by atoms with Crippen molar-refractivity contribution in [2.24, 2.45) is 5.92 Å². The molecule has 0 unspecified atom stereocenters. The summed E-state index contributed by atoms with van der Waals surface area (Å²) in [5, 5.41) is 20.7. The highest BCUT2D eigenvalue weighted by Gasteiger charge is 2.32. The van der Waals surface area contributed by atoms with Gasteiger partial charge in [-0.25, -0.2) is 13.4 Å². The molecule has 10 nitrogen and oxygen atoms in total. The van der Waals surface area contributed by atoms with Gasteiger partial charge in [0.15, 0.2) is 5.13 Å². The average molecular weight is 700 g/mol. The first-order valence-corrected chi connectivity index (χ1v) is 18.3. The maximum atomic E-state index is 13.9.